The summed E-state index contributed by atoms with van der Waals surface area (Å²) in [6.45, 7) is 5.98. The lowest BCUT2D eigenvalue weighted by molar-refractivity contribution is -0.159. The highest BCUT2D eigenvalue weighted by Gasteiger charge is 2.04. The first-order valence-electron chi connectivity index (χ1n) is 7.71. The number of carboxylic acid groups (broad SMARTS) is 2. The molecule has 25 heavy (non-hydrogen) atoms. The quantitative estimate of drug-likeness (QED) is 0.379. The van der Waals surface area contributed by atoms with Crippen molar-refractivity contribution in [2.45, 2.75) is 19.8 Å². The van der Waals surface area contributed by atoms with Gasteiger partial charge in [-0.05, 0) is 47.1 Å². The van der Waals surface area contributed by atoms with Crippen LogP contribution in [0.3, 0.4) is 0 Å². The normalized spacial score (nSPS) is 9.88. The van der Waals surface area contributed by atoms with E-state index < -0.39 is 11.9 Å². The Hall–Kier alpha value is -1.35. The van der Waals surface area contributed by atoms with Crippen molar-refractivity contribution in [1.29, 1.82) is 0 Å². The molecule has 0 fully saturated rings. The molecule has 0 aliphatic carbocycles. The van der Waals surface area contributed by atoms with Crippen molar-refractivity contribution in [1.82, 2.24) is 5.32 Å². The summed E-state index contributed by atoms with van der Waals surface area (Å²) in [5, 5.41) is 18.8. The van der Waals surface area contributed by atoms with Crippen molar-refractivity contribution in [3.8, 4) is 5.75 Å². The number of unbranched alkanes of at least 4 members (excludes halogenated alkanes) is 1. The molecule has 0 aromatic heterocycles. The fourth-order valence-corrected chi connectivity index (χ4v) is 2.27. The van der Waals surface area contributed by atoms with Gasteiger partial charge in [-0.25, -0.2) is 9.59 Å². The summed E-state index contributed by atoms with van der Waals surface area (Å²) in [4.78, 5) is 18.2. The number of benzene rings is 1. The molecule has 0 saturated carbocycles. The molecule has 0 unspecified atom stereocenters. The molecule has 0 saturated heterocycles. The molecule has 7 nitrogen and oxygen atoms in total. The van der Waals surface area contributed by atoms with E-state index in [2.05, 4.69) is 28.2 Å². The molecule has 0 heterocycles. The standard InChI is InChI=1S/C14H21BrClNO2.C2H2O4/c1-2-3-6-17-7-8-18-9-10-19-14-5-4-12(16)11-13(14)15;3-1(4)2(5)6/h4-5,11,17H,2-3,6-10H2,1H3;(H,3,4)(H,5,6). The Bertz CT molecular complexity index is 517. The Morgan fingerprint density at radius 1 is 1.16 bits per heavy atom. The molecule has 1 aromatic carbocycles. The molecule has 0 aliphatic rings. The van der Waals surface area contributed by atoms with E-state index in [1.807, 2.05) is 12.1 Å². The second-order valence-electron chi connectivity index (χ2n) is 4.75. The van der Waals surface area contributed by atoms with Gasteiger partial charge in [0.1, 0.15) is 12.4 Å². The van der Waals surface area contributed by atoms with Gasteiger partial charge in [-0.1, -0.05) is 24.9 Å². The number of carbonyl (C=O) groups is 2. The topological polar surface area (TPSA) is 105 Å². The Morgan fingerprint density at radius 3 is 2.40 bits per heavy atom. The average Bonchev–Trinajstić information content (AvgIpc) is 2.55. The minimum atomic E-state index is -1.82. The number of halogens is 2. The molecule has 0 bridgehead atoms. The largest absolute Gasteiger partial charge is 0.490 e. The summed E-state index contributed by atoms with van der Waals surface area (Å²) < 4.78 is 11.9. The second-order valence-corrected chi connectivity index (χ2v) is 6.04. The lowest BCUT2D eigenvalue weighted by Crippen LogP contribution is -2.21. The zero-order valence-corrected chi connectivity index (χ0v) is 16.3. The zero-order valence-electron chi connectivity index (χ0n) is 14.0. The summed E-state index contributed by atoms with van der Waals surface area (Å²) in [7, 11) is 0. The number of ether oxygens (including phenoxy) is 2. The van der Waals surface area contributed by atoms with Crippen LogP contribution in [0, 0.1) is 0 Å². The number of hydrogen-bond acceptors (Lipinski definition) is 5. The third kappa shape index (κ3) is 13.6. The third-order valence-electron chi connectivity index (χ3n) is 2.69. The average molecular weight is 441 g/mol. The van der Waals surface area contributed by atoms with E-state index in [9.17, 15) is 0 Å². The maximum atomic E-state index is 9.10. The van der Waals surface area contributed by atoms with E-state index in [1.165, 1.54) is 12.8 Å². The molecular weight excluding hydrogens is 418 g/mol. The Kier molecular flexibility index (Phi) is 14.1. The third-order valence-corrected chi connectivity index (χ3v) is 3.55. The predicted molar refractivity (Wildman–Crippen MR) is 98.5 cm³/mol. The maximum absolute atomic E-state index is 9.10. The molecule has 0 spiro atoms. The molecule has 0 radical (unpaired) electrons. The van der Waals surface area contributed by atoms with Gasteiger partial charge in [0, 0.05) is 11.6 Å². The highest BCUT2D eigenvalue weighted by atomic mass is 79.9. The Balaban J connectivity index is 0.000000823. The van der Waals surface area contributed by atoms with E-state index in [1.54, 1.807) is 6.07 Å². The molecule has 0 amide bonds. The van der Waals surface area contributed by atoms with Gasteiger partial charge >= 0.3 is 11.9 Å². The van der Waals surface area contributed by atoms with Gasteiger partial charge in [0.05, 0.1) is 17.7 Å². The number of rotatable bonds is 10. The first kappa shape index (κ1) is 23.6. The lowest BCUT2D eigenvalue weighted by Gasteiger charge is -2.09. The summed E-state index contributed by atoms with van der Waals surface area (Å²) in [6, 6.07) is 5.47. The Labute approximate surface area is 160 Å². The van der Waals surface area contributed by atoms with Gasteiger partial charge < -0.3 is 25.0 Å². The van der Waals surface area contributed by atoms with Crippen molar-refractivity contribution in [2.75, 3.05) is 32.9 Å². The van der Waals surface area contributed by atoms with Crippen LogP contribution in [0.2, 0.25) is 5.02 Å². The van der Waals surface area contributed by atoms with Crippen LogP contribution in [0.5, 0.6) is 5.75 Å². The summed E-state index contributed by atoms with van der Waals surface area (Å²) >= 11 is 9.26. The SMILES string of the molecule is CCCCNCCOCCOc1ccc(Cl)cc1Br.O=C(O)C(=O)O. The molecule has 0 atom stereocenters. The van der Waals surface area contributed by atoms with Crippen LogP contribution in [0.15, 0.2) is 22.7 Å². The summed E-state index contributed by atoms with van der Waals surface area (Å²) in [6.07, 6.45) is 2.44. The van der Waals surface area contributed by atoms with Crippen LogP contribution < -0.4 is 10.1 Å². The number of carboxylic acids is 2. The monoisotopic (exact) mass is 439 g/mol. The van der Waals surface area contributed by atoms with Gasteiger partial charge in [-0.3, -0.25) is 0 Å². The maximum Gasteiger partial charge on any atom is 0.414 e. The summed E-state index contributed by atoms with van der Waals surface area (Å²) in [5.74, 6) is -2.86. The molecule has 3 N–H and O–H groups in total. The predicted octanol–water partition coefficient (Wildman–Crippen LogP) is 3.04. The van der Waals surface area contributed by atoms with Gasteiger partial charge in [0.25, 0.3) is 0 Å². The van der Waals surface area contributed by atoms with E-state index in [0.717, 1.165) is 29.9 Å². The van der Waals surface area contributed by atoms with E-state index in [4.69, 9.17) is 40.9 Å². The number of hydrogen-bond donors (Lipinski definition) is 3. The minimum absolute atomic E-state index is 0.537. The van der Waals surface area contributed by atoms with Crippen LogP contribution in [-0.4, -0.2) is 55.1 Å². The van der Waals surface area contributed by atoms with Crippen molar-refractivity contribution in [3.63, 3.8) is 0 Å². The summed E-state index contributed by atoms with van der Waals surface area (Å²) in [5.41, 5.74) is 0. The highest BCUT2D eigenvalue weighted by Crippen LogP contribution is 2.27. The second kappa shape index (κ2) is 14.9. The lowest BCUT2D eigenvalue weighted by atomic mass is 10.3. The van der Waals surface area contributed by atoms with Crippen LogP contribution in [0.25, 0.3) is 0 Å². The molecular formula is C16H23BrClNO6. The molecule has 1 aromatic rings. The van der Waals surface area contributed by atoms with E-state index in [-0.39, 0.29) is 0 Å². The molecule has 9 heteroatoms. The van der Waals surface area contributed by atoms with E-state index in [0.29, 0.717) is 18.2 Å². The van der Waals surface area contributed by atoms with Gasteiger partial charge in [0.15, 0.2) is 0 Å². The molecule has 1 rings (SSSR count). The van der Waals surface area contributed by atoms with Crippen molar-refractivity contribution < 1.29 is 29.3 Å². The van der Waals surface area contributed by atoms with Crippen LogP contribution >= 0.6 is 27.5 Å². The van der Waals surface area contributed by atoms with Crippen molar-refractivity contribution in [2.24, 2.45) is 0 Å². The number of nitrogens with one attached hydrogen (secondary N) is 1. The van der Waals surface area contributed by atoms with Crippen LogP contribution in [-0.2, 0) is 14.3 Å². The van der Waals surface area contributed by atoms with Crippen molar-refractivity contribution >= 4 is 39.5 Å². The smallest absolute Gasteiger partial charge is 0.414 e. The number of aliphatic carboxylic acids is 2. The fraction of sp³-hybridized carbons (Fsp3) is 0.500. The first-order chi connectivity index (χ1) is 11.9. The van der Waals surface area contributed by atoms with Gasteiger partial charge in [0.2, 0.25) is 0 Å². The van der Waals surface area contributed by atoms with Crippen molar-refractivity contribution in [3.05, 3.63) is 27.7 Å². The van der Waals surface area contributed by atoms with Gasteiger partial charge in [-0.2, -0.15) is 0 Å². The first-order valence-corrected chi connectivity index (χ1v) is 8.88. The molecule has 142 valence electrons. The molecule has 0 aliphatic heterocycles. The van der Waals surface area contributed by atoms with E-state index >= 15 is 0 Å². The highest BCUT2D eigenvalue weighted by molar-refractivity contribution is 9.10. The van der Waals surface area contributed by atoms with Gasteiger partial charge in [-0.15, -0.1) is 0 Å². The minimum Gasteiger partial charge on any atom is -0.490 e. The fourth-order valence-electron chi connectivity index (χ4n) is 1.48. The zero-order chi connectivity index (χ0) is 19.1. The van der Waals surface area contributed by atoms with Crippen LogP contribution in [0.4, 0.5) is 0 Å². The Morgan fingerprint density at radius 2 is 1.84 bits per heavy atom. The van der Waals surface area contributed by atoms with Crippen LogP contribution in [0.1, 0.15) is 19.8 Å².